The van der Waals surface area contributed by atoms with Gasteiger partial charge in [0.15, 0.2) is 12.3 Å². The van der Waals surface area contributed by atoms with Gasteiger partial charge in [-0.3, -0.25) is 4.79 Å². The van der Waals surface area contributed by atoms with E-state index >= 15 is 0 Å². The Morgan fingerprint density at radius 3 is 2.38 bits per heavy atom. The third-order valence-corrected chi connectivity index (χ3v) is 6.43. The van der Waals surface area contributed by atoms with E-state index in [0.717, 1.165) is 10.6 Å². The summed E-state index contributed by atoms with van der Waals surface area (Å²) in [6.45, 7) is 9.30. The van der Waals surface area contributed by atoms with Crippen LogP contribution in [0.3, 0.4) is 0 Å². The summed E-state index contributed by atoms with van der Waals surface area (Å²) >= 11 is 1.54. The Morgan fingerprint density at radius 1 is 1.06 bits per heavy atom. The maximum atomic E-state index is 13.3. The summed E-state index contributed by atoms with van der Waals surface area (Å²) in [5.74, 6) is -0.791. The zero-order valence-corrected chi connectivity index (χ0v) is 20.8. The predicted molar refractivity (Wildman–Crippen MR) is 134 cm³/mol. The summed E-state index contributed by atoms with van der Waals surface area (Å²) in [4.78, 5) is 33.5. The van der Waals surface area contributed by atoms with E-state index in [1.54, 1.807) is 15.6 Å². The van der Waals surface area contributed by atoms with Gasteiger partial charge in [0.2, 0.25) is 0 Å². The second kappa shape index (κ2) is 9.77. The summed E-state index contributed by atoms with van der Waals surface area (Å²) in [7, 11) is 0. The van der Waals surface area contributed by atoms with Crippen LogP contribution in [0.5, 0.6) is 0 Å². The first kappa shape index (κ1) is 23.6. The van der Waals surface area contributed by atoms with Gasteiger partial charge in [-0.2, -0.15) is 5.10 Å². The number of hydrogen-bond donors (Lipinski definition) is 0. The number of pyridine rings is 1. The van der Waals surface area contributed by atoms with Crippen molar-refractivity contribution in [3.63, 3.8) is 0 Å². The van der Waals surface area contributed by atoms with Gasteiger partial charge >= 0.3 is 5.97 Å². The number of para-hydroxylation sites is 1. The third-order valence-electron chi connectivity index (χ3n) is 5.53. The molecule has 1 amide bonds. The van der Waals surface area contributed by atoms with Gasteiger partial charge in [0.05, 0.1) is 32.9 Å². The molecule has 0 aliphatic rings. The molecule has 0 fully saturated rings. The zero-order valence-electron chi connectivity index (χ0n) is 20.0. The van der Waals surface area contributed by atoms with Crippen LogP contribution in [0, 0.1) is 6.92 Å². The maximum Gasteiger partial charge on any atom is 0.339 e. The van der Waals surface area contributed by atoms with Crippen LogP contribution >= 0.6 is 11.3 Å². The fourth-order valence-electron chi connectivity index (χ4n) is 4.20. The van der Waals surface area contributed by atoms with Crippen molar-refractivity contribution < 1.29 is 14.3 Å². The van der Waals surface area contributed by atoms with Crippen LogP contribution in [0.1, 0.15) is 43.7 Å². The molecule has 0 unspecified atom stereocenters. The highest BCUT2D eigenvalue weighted by Crippen LogP contribution is 2.31. The standard InChI is InChI=1S/C26H28N4O3S/c1-16(2)29(17(3)4)23(31)15-33-26(32)20-14-21(22-12-9-13-34-22)27-25-24(20)18(5)28-30(25)19-10-7-6-8-11-19/h6-14,16-17H,15H2,1-5H3. The van der Waals surface area contributed by atoms with Crippen LogP contribution in [0.15, 0.2) is 53.9 Å². The molecular formula is C26H28N4O3S. The summed E-state index contributed by atoms with van der Waals surface area (Å²) in [6, 6.07) is 15.3. The zero-order chi connectivity index (χ0) is 24.4. The lowest BCUT2D eigenvalue weighted by Crippen LogP contribution is -2.44. The fourth-order valence-corrected chi connectivity index (χ4v) is 4.89. The van der Waals surface area contributed by atoms with Gasteiger partial charge < -0.3 is 9.64 Å². The van der Waals surface area contributed by atoms with Crippen molar-refractivity contribution in [2.75, 3.05) is 6.61 Å². The number of nitrogens with zero attached hydrogens (tertiary/aromatic N) is 4. The molecule has 3 aromatic heterocycles. The van der Waals surface area contributed by atoms with Gasteiger partial charge in [0.25, 0.3) is 5.91 Å². The Morgan fingerprint density at radius 2 is 1.76 bits per heavy atom. The number of carbonyl (C=O) groups is 2. The second-order valence-electron chi connectivity index (χ2n) is 8.63. The van der Waals surface area contributed by atoms with Crippen LogP contribution in [-0.4, -0.2) is 50.2 Å². The van der Waals surface area contributed by atoms with Gasteiger partial charge in [-0.25, -0.2) is 14.5 Å². The van der Waals surface area contributed by atoms with E-state index in [2.05, 4.69) is 5.10 Å². The molecule has 0 aliphatic carbocycles. The number of esters is 1. The van der Waals surface area contributed by atoms with E-state index < -0.39 is 5.97 Å². The quantitative estimate of drug-likeness (QED) is 0.340. The highest BCUT2D eigenvalue weighted by Gasteiger charge is 2.25. The minimum atomic E-state index is -0.568. The van der Waals surface area contributed by atoms with Crippen LogP contribution in [0.2, 0.25) is 0 Å². The fraction of sp³-hybridized carbons (Fsp3) is 0.308. The van der Waals surface area contributed by atoms with E-state index in [1.165, 1.54) is 11.3 Å². The Bertz CT molecular complexity index is 1300. The van der Waals surface area contributed by atoms with E-state index in [4.69, 9.17) is 9.72 Å². The van der Waals surface area contributed by atoms with E-state index in [-0.39, 0.29) is 24.6 Å². The maximum absolute atomic E-state index is 13.3. The first-order valence-electron chi connectivity index (χ1n) is 11.3. The lowest BCUT2D eigenvalue weighted by Gasteiger charge is -2.30. The number of fused-ring (bicyclic) bond motifs is 1. The highest BCUT2D eigenvalue weighted by atomic mass is 32.1. The van der Waals surface area contributed by atoms with Crippen molar-refractivity contribution >= 4 is 34.2 Å². The molecule has 0 spiro atoms. The minimum Gasteiger partial charge on any atom is -0.452 e. The molecule has 34 heavy (non-hydrogen) atoms. The van der Waals surface area contributed by atoms with E-state index in [0.29, 0.717) is 28.0 Å². The molecule has 0 aliphatic heterocycles. The molecule has 0 saturated heterocycles. The van der Waals surface area contributed by atoms with Gasteiger partial charge in [0.1, 0.15) is 0 Å². The number of benzene rings is 1. The van der Waals surface area contributed by atoms with Gasteiger partial charge in [-0.05, 0) is 64.3 Å². The molecule has 4 rings (SSSR count). The number of aromatic nitrogens is 3. The molecule has 0 bridgehead atoms. The molecule has 4 aromatic rings. The van der Waals surface area contributed by atoms with Crippen LogP contribution < -0.4 is 0 Å². The summed E-state index contributed by atoms with van der Waals surface area (Å²) in [5, 5.41) is 7.25. The van der Waals surface area contributed by atoms with Gasteiger partial charge in [-0.1, -0.05) is 24.3 Å². The average molecular weight is 477 g/mol. The summed E-state index contributed by atoms with van der Waals surface area (Å²) in [5.41, 5.74) is 3.08. The van der Waals surface area contributed by atoms with Gasteiger partial charge in [0, 0.05) is 12.1 Å². The lowest BCUT2D eigenvalue weighted by atomic mass is 10.1. The molecule has 1 aromatic carbocycles. The molecule has 0 atom stereocenters. The number of rotatable bonds is 7. The molecule has 3 heterocycles. The largest absolute Gasteiger partial charge is 0.452 e. The van der Waals surface area contributed by atoms with E-state index in [1.807, 2.05) is 82.5 Å². The summed E-state index contributed by atoms with van der Waals surface area (Å²) in [6.07, 6.45) is 0. The minimum absolute atomic E-state index is 0.00983. The molecule has 0 radical (unpaired) electrons. The smallest absolute Gasteiger partial charge is 0.339 e. The van der Waals surface area contributed by atoms with Gasteiger partial charge in [-0.15, -0.1) is 11.3 Å². The van der Waals surface area contributed by atoms with Crippen LogP contribution in [0.4, 0.5) is 0 Å². The molecule has 8 heteroatoms. The molecule has 176 valence electrons. The number of ether oxygens (including phenoxy) is 1. The van der Waals surface area contributed by atoms with Crippen LogP contribution in [-0.2, 0) is 9.53 Å². The van der Waals surface area contributed by atoms with Crippen molar-refractivity contribution in [3.8, 4) is 16.3 Å². The number of amides is 1. The number of aryl methyl sites for hydroxylation is 1. The van der Waals surface area contributed by atoms with Crippen molar-refractivity contribution in [2.45, 2.75) is 46.7 Å². The molecule has 7 nitrogen and oxygen atoms in total. The molecule has 0 N–H and O–H groups in total. The molecule has 0 saturated carbocycles. The van der Waals surface area contributed by atoms with Crippen LogP contribution in [0.25, 0.3) is 27.3 Å². The summed E-state index contributed by atoms with van der Waals surface area (Å²) < 4.78 is 7.27. The first-order chi connectivity index (χ1) is 16.3. The van der Waals surface area contributed by atoms with Crippen molar-refractivity contribution in [1.29, 1.82) is 0 Å². The number of hydrogen-bond acceptors (Lipinski definition) is 6. The number of carbonyl (C=O) groups excluding carboxylic acids is 2. The van der Waals surface area contributed by atoms with E-state index in [9.17, 15) is 9.59 Å². The second-order valence-corrected chi connectivity index (χ2v) is 9.58. The highest BCUT2D eigenvalue weighted by molar-refractivity contribution is 7.13. The SMILES string of the molecule is Cc1nn(-c2ccccc2)c2nc(-c3cccs3)cc(C(=O)OCC(=O)N(C(C)C)C(C)C)c12. The Hall–Kier alpha value is -3.52. The monoisotopic (exact) mass is 476 g/mol. The lowest BCUT2D eigenvalue weighted by molar-refractivity contribution is -0.138. The first-order valence-corrected chi connectivity index (χ1v) is 12.1. The third kappa shape index (κ3) is 4.59. The topological polar surface area (TPSA) is 77.3 Å². The normalized spacial score (nSPS) is 11.4. The Balaban J connectivity index is 1.76. The van der Waals surface area contributed by atoms with Crippen molar-refractivity contribution in [1.82, 2.24) is 19.7 Å². The Labute approximate surface area is 203 Å². The van der Waals surface area contributed by atoms with Crippen molar-refractivity contribution in [3.05, 3.63) is 65.2 Å². The number of thiophene rings is 1. The average Bonchev–Trinajstić information content (AvgIpc) is 3.45. The Kier molecular flexibility index (Phi) is 6.79. The van der Waals surface area contributed by atoms with Crippen molar-refractivity contribution in [2.24, 2.45) is 0 Å². The molecular weight excluding hydrogens is 448 g/mol. The predicted octanol–water partition coefficient (Wildman–Crippen LogP) is 5.26.